The van der Waals surface area contributed by atoms with Crippen molar-refractivity contribution >= 4 is 62.6 Å². The molecule has 19 nitrogen and oxygen atoms in total. The second-order valence-corrected chi connectivity index (χ2v) is 28.4. The molecule has 5 aliphatic heterocycles. The maximum atomic E-state index is 17.4. The minimum atomic E-state index is -0.906. The number of amides is 4. The van der Waals surface area contributed by atoms with Crippen LogP contribution in [-0.2, 0) is 25.5 Å². The lowest BCUT2D eigenvalue weighted by atomic mass is 9.83. The Kier molecular flexibility index (Phi) is 18.8. The number of piperidine rings is 2. The molecule has 0 aliphatic carbocycles. The highest BCUT2D eigenvalue weighted by molar-refractivity contribution is 7.13. The number of aromatic hydroxyl groups is 1. The predicted molar refractivity (Wildman–Crippen MR) is 343 cm³/mol. The zero-order valence-corrected chi connectivity index (χ0v) is 53.9. The van der Waals surface area contributed by atoms with E-state index in [0.29, 0.717) is 61.3 Å². The fourth-order valence-corrected chi connectivity index (χ4v) is 15.0. The van der Waals surface area contributed by atoms with Gasteiger partial charge in [0.1, 0.15) is 47.1 Å². The molecule has 476 valence electrons. The van der Waals surface area contributed by atoms with Gasteiger partial charge in [0.15, 0.2) is 5.82 Å². The summed E-state index contributed by atoms with van der Waals surface area (Å²) in [5.41, 5.74) is 5.08. The van der Waals surface area contributed by atoms with Crippen molar-refractivity contribution in [3.8, 4) is 33.5 Å². The van der Waals surface area contributed by atoms with Crippen LogP contribution < -0.4 is 20.3 Å². The van der Waals surface area contributed by atoms with Crippen LogP contribution in [0.2, 0.25) is 0 Å². The van der Waals surface area contributed by atoms with E-state index in [1.54, 1.807) is 29.7 Å². The van der Waals surface area contributed by atoms with Crippen LogP contribution in [0.3, 0.4) is 0 Å². The third-order valence-corrected chi connectivity index (χ3v) is 19.8. The first kappa shape index (κ1) is 63.5. The highest BCUT2D eigenvalue weighted by atomic mass is 32.1. The van der Waals surface area contributed by atoms with Crippen LogP contribution in [0.4, 0.5) is 15.0 Å². The number of likely N-dealkylation sites (tertiary alicyclic amines) is 3. The first-order chi connectivity index (χ1) is 42.5. The molecule has 8 heterocycles. The number of β-amino-alcohol motifs (C(OH)–C–C–N with tert-alkyl or cyclic N) is 1. The van der Waals surface area contributed by atoms with Crippen molar-refractivity contribution in [2.45, 2.75) is 162 Å². The number of anilines is 1. The minimum Gasteiger partial charge on any atom is -0.508 e. The van der Waals surface area contributed by atoms with Gasteiger partial charge in [0.2, 0.25) is 17.7 Å². The summed E-state index contributed by atoms with van der Waals surface area (Å²) < 4.78 is 29.6. The number of ether oxygens (including phenoxy) is 2. The molecular weight excluding hydrogens is 1150 g/mol. The number of aryl methyl sites for hydroxylation is 2. The van der Waals surface area contributed by atoms with Crippen LogP contribution in [0.5, 0.6) is 11.8 Å². The zero-order chi connectivity index (χ0) is 63.1. The van der Waals surface area contributed by atoms with E-state index in [2.05, 4.69) is 30.3 Å². The predicted octanol–water partition coefficient (Wildman–Crippen LogP) is 9.84. The fraction of sp³-hybridized carbons (Fsp3) is 0.559. The van der Waals surface area contributed by atoms with Crippen molar-refractivity contribution in [1.82, 2.24) is 50.2 Å². The Labute approximate surface area is 525 Å². The summed E-state index contributed by atoms with van der Waals surface area (Å²) >= 11 is 1.58. The number of aromatic nitrogens is 4. The third-order valence-electron chi connectivity index (χ3n) is 18.9. The topological polar surface area (TPSA) is 219 Å². The first-order valence-corrected chi connectivity index (χ1v) is 32.9. The molecule has 0 saturated carbocycles. The van der Waals surface area contributed by atoms with Crippen molar-refractivity contribution in [2.75, 3.05) is 70.4 Å². The standard InChI is InChI=1S/C68H88FN11O8S/c1-10-44-12-11-13-47-31-50(81)32-52(56(44)47)58-57(69)59-53(34-70-58)62(78-35-48-18-19-49(36-78)80(48)66(86)88-68(7,8)9)75-65(74-59)87-29-28-76-24-20-42(21-25-76)30-43-22-26-77(27-23-43)38-55(83)73-61(67(4,5)6)64(85)79-37-51(82)33-54(79)63(84)72-40(2)45-14-16-46(17-15-45)60-41(3)71-39-89-60/h11-17,31-32,34,39-40,42-43,48-49,51,54,61,81-82H,10,18-30,33,35-38H2,1-9H3,(H,72,84)(H,73,83)/t40?,48?,49?,51-,54+,61?/m1/s1. The van der Waals surface area contributed by atoms with Gasteiger partial charge in [-0.25, -0.2) is 14.2 Å². The van der Waals surface area contributed by atoms with Gasteiger partial charge in [-0.05, 0) is 169 Å². The number of piperazine rings is 1. The number of hydrogen-bond donors (Lipinski definition) is 4. The molecule has 6 atom stereocenters. The second kappa shape index (κ2) is 26.4. The number of aliphatic hydroxyl groups excluding tert-OH is 1. The number of nitrogens with one attached hydrogen (secondary N) is 2. The highest BCUT2D eigenvalue weighted by Gasteiger charge is 2.47. The molecule has 0 spiro atoms. The van der Waals surface area contributed by atoms with E-state index in [1.165, 1.54) is 4.90 Å². The Morgan fingerprint density at radius 2 is 1.54 bits per heavy atom. The van der Waals surface area contributed by atoms with E-state index in [1.807, 2.05) is 115 Å². The van der Waals surface area contributed by atoms with Crippen molar-refractivity contribution in [3.05, 3.63) is 88.9 Å². The maximum Gasteiger partial charge on any atom is 0.410 e. The van der Waals surface area contributed by atoms with Crippen LogP contribution in [0.1, 0.15) is 130 Å². The largest absolute Gasteiger partial charge is 0.508 e. The Hall–Kier alpha value is -7.07. The van der Waals surface area contributed by atoms with Crippen LogP contribution in [0.25, 0.3) is 43.4 Å². The van der Waals surface area contributed by atoms with E-state index in [-0.39, 0.29) is 84.4 Å². The number of benzene rings is 3. The molecule has 6 aromatic rings. The average molecular weight is 1240 g/mol. The lowest BCUT2D eigenvalue weighted by Crippen LogP contribution is -2.59. The van der Waals surface area contributed by atoms with Crippen LogP contribution >= 0.6 is 11.3 Å². The Bertz CT molecular complexity index is 3540. The van der Waals surface area contributed by atoms with Gasteiger partial charge in [0.25, 0.3) is 0 Å². The third kappa shape index (κ3) is 14.3. The number of nitrogens with zero attached hydrogens (tertiary/aromatic N) is 9. The smallest absolute Gasteiger partial charge is 0.410 e. The summed E-state index contributed by atoms with van der Waals surface area (Å²) in [5.74, 6) is 0.0344. The van der Waals surface area contributed by atoms with Gasteiger partial charge in [0, 0.05) is 44.4 Å². The van der Waals surface area contributed by atoms with Gasteiger partial charge < -0.3 is 40.1 Å². The van der Waals surface area contributed by atoms with Gasteiger partial charge in [0.05, 0.1) is 52.2 Å². The number of carbonyl (C=O) groups is 4. The van der Waals surface area contributed by atoms with E-state index in [9.17, 15) is 29.4 Å². The quantitative estimate of drug-likeness (QED) is 0.0668. The molecule has 4 unspecified atom stereocenters. The normalized spacial score (nSPS) is 21.4. The van der Waals surface area contributed by atoms with Crippen molar-refractivity contribution in [3.63, 3.8) is 0 Å². The summed E-state index contributed by atoms with van der Waals surface area (Å²) in [6, 6.07) is 14.8. The number of phenols is 1. The van der Waals surface area contributed by atoms with Gasteiger partial charge >= 0.3 is 12.1 Å². The van der Waals surface area contributed by atoms with Crippen molar-refractivity contribution in [2.24, 2.45) is 17.3 Å². The molecule has 5 aliphatic rings. The van der Waals surface area contributed by atoms with E-state index in [4.69, 9.17) is 24.4 Å². The molecule has 2 bridgehead atoms. The Morgan fingerprint density at radius 1 is 0.854 bits per heavy atom. The number of aliphatic hydroxyl groups is 1. The highest BCUT2D eigenvalue weighted by Crippen LogP contribution is 2.41. The number of rotatable bonds is 17. The van der Waals surface area contributed by atoms with E-state index >= 15 is 4.39 Å². The molecule has 11 rings (SSSR count). The number of fused-ring (bicyclic) bond motifs is 4. The molecule has 21 heteroatoms. The average Bonchev–Trinajstić information content (AvgIpc) is 1.83. The fourth-order valence-electron chi connectivity index (χ4n) is 14.2. The lowest BCUT2D eigenvalue weighted by Gasteiger charge is -2.42. The molecule has 4 amide bonds. The zero-order valence-electron chi connectivity index (χ0n) is 53.1. The number of carbonyl (C=O) groups excluding carboxylic acids is 4. The van der Waals surface area contributed by atoms with Gasteiger partial charge in [-0.1, -0.05) is 70.2 Å². The number of halogens is 1. The number of pyridine rings is 1. The Morgan fingerprint density at radius 3 is 2.18 bits per heavy atom. The molecule has 4 N–H and O–H groups in total. The maximum absolute atomic E-state index is 17.4. The molecule has 0 radical (unpaired) electrons. The summed E-state index contributed by atoms with van der Waals surface area (Å²) in [4.78, 5) is 85.4. The second-order valence-electron chi connectivity index (χ2n) is 27.5. The van der Waals surface area contributed by atoms with Gasteiger partial charge in [-0.15, -0.1) is 11.3 Å². The SMILES string of the molecule is CCc1cccc2cc(O)cc(-c3ncc4c(N5CC6CCC(C5)N6C(=O)OC(C)(C)C)nc(OCCN5CCC(CC6CCN(CC(=O)NC(C(=O)N7C[C@H](O)C[C@H]7C(=O)NC(C)c7ccc(-c8scnc8C)cc7)C(C)(C)C)CC6)CC5)nc4c3F)c12. The lowest BCUT2D eigenvalue weighted by molar-refractivity contribution is -0.144. The Balaban J connectivity index is 0.672. The summed E-state index contributed by atoms with van der Waals surface area (Å²) in [5, 5.41) is 29.9. The van der Waals surface area contributed by atoms with E-state index in [0.717, 1.165) is 109 Å². The van der Waals surface area contributed by atoms with Crippen LogP contribution in [-0.4, -0.2) is 175 Å². The summed E-state index contributed by atoms with van der Waals surface area (Å²) in [6.45, 7) is 22.7. The van der Waals surface area contributed by atoms with Crippen LogP contribution in [0.15, 0.2) is 66.3 Å². The van der Waals surface area contributed by atoms with Crippen LogP contribution in [0, 0.1) is 30.0 Å². The summed E-state index contributed by atoms with van der Waals surface area (Å²) in [7, 11) is 0. The molecule has 3 aromatic carbocycles. The molecular formula is C68H88FN11O8S. The number of hydrogen-bond acceptors (Lipinski definition) is 16. The number of thiazole rings is 1. The number of phenolic OH excluding ortho intramolecular Hbond substituents is 1. The monoisotopic (exact) mass is 1240 g/mol. The molecule has 89 heavy (non-hydrogen) atoms. The molecule has 5 saturated heterocycles. The molecule has 5 fully saturated rings. The minimum absolute atomic E-state index is 0.00670. The summed E-state index contributed by atoms with van der Waals surface area (Å²) in [6.07, 6.45) is 8.06. The molecule has 3 aromatic heterocycles. The first-order valence-electron chi connectivity index (χ1n) is 32.0. The van der Waals surface area contributed by atoms with Crippen molar-refractivity contribution < 1.29 is 43.3 Å². The van der Waals surface area contributed by atoms with E-state index < -0.39 is 35.0 Å². The van der Waals surface area contributed by atoms with Crippen molar-refractivity contribution in [1.29, 1.82) is 0 Å². The van der Waals surface area contributed by atoms with Gasteiger partial charge in [-0.3, -0.25) is 34.1 Å². The van der Waals surface area contributed by atoms with Gasteiger partial charge in [-0.2, -0.15) is 9.97 Å².